The monoisotopic (exact) mass is 297 g/mol. The Hall–Kier alpha value is -1.63. The van der Waals surface area contributed by atoms with E-state index in [0.717, 1.165) is 32.4 Å². The molecule has 1 rings (SSSR count). The highest BCUT2D eigenvalue weighted by Crippen LogP contribution is 2.15. The first-order valence-corrected chi connectivity index (χ1v) is 7.73. The van der Waals surface area contributed by atoms with Crippen molar-refractivity contribution >= 4 is 11.9 Å². The van der Waals surface area contributed by atoms with Crippen LogP contribution in [0.3, 0.4) is 0 Å². The fourth-order valence-electron chi connectivity index (χ4n) is 1.76. The molecular weight excluding hydrogens is 270 g/mol. The molecule has 0 fully saturated rings. The van der Waals surface area contributed by atoms with Crippen LogP contribution in [0, 0.1) is 0 Å². The summed E-state index contributed by atoms with van der Waals surface area (Å²) in [5.41, 5.74) is 0. The zero-order valence-corrected chi connectivity index (χ0v) is 13.3. The molecule has 1 heterocycles. The normalized spacial score (nSPS) is 10.5. The van der Waals surface area contributed by atoms with Crippen LogP contribution in [-0.4, -0.2) is 52.9 Å². The molecule has 1 aromatic heterocycles. The molecule has 0 aromatic carbocycles. The van der Waals surface area contributed by atoms with Crippen LogP contribution >= 0.6 is 0 Å². The van der Waals surface area contributed by atoms with Crippen molar-refractivity contribution < 1.29 is 9.84 Å². The molecule has 0 aliphatic heterocycles. The lowest BCUT2D eigenvalue weighted by Gasteiger charge is -2.22. The van der Waals surface area contributed by atoms with Gasteiger partial charge in [0.1, 0.15) is 0 Å². The summed E-state index contributed by atoms with van der Waals surface area (Å²) in [4.78, 5) is 15.0. The number of hydrogen-bond acceptors (Lipinski definition) is 7. The maximum absolute atomic E-state index is 9.22. The van der Waals surface area contributed by atoms with Crippen LogP contribution in [-0.2, 0) is 0 Å². The fraction of sp³-hybridized carbons (Fsp3) is 0.786. The number of aromatic nitrogens is 3. The van der Waals surface area contributed by atoms with Gasteiger partial charge in [0.15, 0.2) is 0 Å². The van der Waals surface area contributed by atoms with Crippen LogP contribution in [0.5, 0.6) is 6.01 Å². The molecule has 0 radical (unpaired) electrons. The summed E-state index contributed by atoms with van der Waals surface area (Å²) in [6.45, 7) is 8.82. The third-order valence-electron chi connectivity index (χ3n) is 2.81. The lowest BCUT2D eigenvalue weighted by atomic mass is 10.3. The highest BCUT2D eigenvalue weighted by molar-refractivity contribution is 5.38. The molecule has 120 valence electrons. The number of nitrogens with one attached hydrogen (secondary N) is 1. The van der Waals surface area contributed by atoms with Crippen LogP contribution in [0.2, 0.25) is 0 Å². The predicted molar refractivity (Wildman–Crippen MR) is 84.0 cm³/mol. The topological polar surface area (TPSA) is 83.4 Å². The van der Waals surface area contributed by atoms with Crippen molar-refractivity contribution in [2.75, 3.05) is 43.1 Å². The summed E-state index contributed by atoms with van der Waals surface area (Å²) in [6.07, 6.45) is 2.99. The Bertz CT molecular complexity index is 403. The third-order valence-corrected chi connectivity index (χ3v) is 2.81. The summed E-state index contributed by atoms with van der Waals surface area (Å²) in [7, 11) is 0. The summed E-state index contributed by atoms with van der Waals surface area (Å²) >= 11 is 0. The molecule has 0 unspecified atom stereocenters. The lowest BCUT2D eigenvalue weighted by Crippen LogP contribution is -2.30. The number of aliphatic hydroxyl groups excluding tert-OH is 1. The van der Waals surface area contributed by atoms with Crippen LogP contribution in [0.15, 0.2) is 0 Å². The van der Waals surface area contributed by atoms with Gasteiger partial charge in [-0.2, -0.15) is 15.0 Å². The number of aliphatic hydroxyl groups is 1. The second-order valence-corrected chi connectivity index (χ2v) is 4.68. The molecule has 0 bridgehead atoms. The molecule has 21 heavy (non-hydrogen) atoms. The molecule has 2 N–H and O–H groups in total. The van der Waals surface area contributed by atoms with Gasteiger partial charge in [-0.05, 0) is 19.8 Å². The number of rotatable bonds is 11. The van der Waals surface area contributed by atoms with Gasteiger partial charge in [0, 0.05) is 19.6 Å². The SMILES string of the molecule is CCCCN(CCO)c1nc(NCC)nc(OCCC)n1. The molecule has 7 heteroatoms. The van der Waals surface area contributed by atoms with E-state index in [9.17, 15) is 5.11 Å². The predicted octanol–water partition coefficient (Wildman–Crippen LogP) is 1.69. The van der Waals surface area contributed by atoms with E-state index in [-0.39, 0.29) is 6.61 Å². The maximum atomic E-state index is 9.22. The molecule has 1 aromatic rings. The van der Waals surface area contributed by atoms with E-state index in [4.69, 9.17) is 4.74 Å². The van der Waals surface area contributed by atoms with E-state index in [0.29, 0.717) is 31.1 Å². The van der Waals surface area contributed by atoms with E-state index < -0.39 is 0 Å². The second-order valence-electron chi connectivity index (χ2n) is 4.68. The van der Waals surface area contributed by atoms with E-state index in [1.807, 2.05) is 18.7 Å². The van der Waals surface area contributed by atoms with E-state index >= 15 is 0 Å². The summed E-state index contributed by atoms with van der Waals surface area (Å²) in [5.74, 6) is 1.06. The maximum Gasteiger partial charge on any atom is 0.323 e. The van der Waals surface area contributed by atoms with Crippen LogP contribution in [0.1, 0.15) is 40.0 Å². The smallest absolute Gasteiger partial charge is 0.323 e. The van der Waals surface area contributed by atoms with Crippen molar-refractivity contribution in [1.29, 1.82) is 0 Å². The van der Waals surface area contributed by atoms with Crippen molar-refractivity contribution in [3.8, 4) is 6.01 Å². The quantitative estimate of drug-likeness (QED) is 0.643. The summed E-state index contributed by atoms with van der Waals surface area (Å²) < 4.78 is 5.52. The van der Waals surface area contributed by atoms with Gasteiger partial charge in [0.25, 0.3) is 0 Å². The highest BCUT2D eigenvalue weighted by Gasteiger charge is 2.13. The third kappa shape index (κ3) is 6.12. The number of anilines is 2. The molecule has 0 saturated carbocycles. The van der Waals surface area contributed by atoms with Crippen molar-refractivity contribution in [3.63, 3.8) is 0 Å². The summed E-state index contributed by atoms with van der Waals surface area (Å²) in [5, 5.41) is 12.3. The Balaban J connectivity index is 2.96. The number of hydrogen-bond donors (Lipinski definition) is 2. The van der Waals surface area contributed by atoms with Gasteiger partial charge in [-0.15, -0.1) is 0 Å². The van der Waals surface area contributed by atoms with Gasteiger partial charge >= 0.3 is 6.01 Å². The van der Waals surface area contributed by atoms with Crippen LogP contribution < -0.4 is 15.0 Å². The van der Waals surface area contributed by atoms with Crippen LogP contribution in [0.25, 0.3) is 0 Å². The van der Waals surface area contributed by atoms with Crippen LogP contribution in [0.4, 0.5) is 11.9 Å². The minimum absolute atomic E-state index is 0.0666. The van der Waals surface area contributed by atoms with E-state index in [1.54, 1.807) is 0 Å². The Morgan fingerprint density at radius 1 is 1.10 bits per heavy atom. The van der Waals surface area contributed by atoms with Gasteiger partial charge in [-0.25, -0.2) is 0 Å². The molecule has 0 spiro atoms. The minimum Gasteiger partial charge on any atom is -0.463 e. The largest absolute Gasteiger partial charge is 0.463 e. The van der Waals surface area contributed by atoms with Crippen molar-refractivity contribution in [2.24, 2.45) is 0 Å². The minimum atomic E-state index is 0.0666. The zero-order valence-electron chi connectivity index (χ0n) is 13.3. The molecular formula is C14H27N5O2. The Labute approximate surface area is 126 Å². The average Bonchev–Trinajstić information content (AvgIpc) is 2.49. The Morgan fingerprint density at radius 3 is 2.52 bits per heavy atom. The van der Waals surface area contributed by atoms with Crippen molar-refractivity contribution in [1.82, 2.24) is 15.0 Å². The Morgan fingerprint density at radius 2 is 1.90 bits per heavy atom. The molecule has 0 aliphatic rings. The van der Waals surface area contributed by atoms with E-state index in [1.165, 1.54) is 0 Å². The zero-order chi connectivity index (χ0) is 15.5. The number of ether oxygens (including phenoxy) is 1. The van der Waals surface area contributed by atoms with Gasteiger partial charge in [-0.3, -0.25) is 0 Å². The van der Waals surface area contributed by atoms with Crippen molar-refractivity contribution in [2.45, 2.75) is 40.0 Å². The standard InChI is InChI=1S/C14H27N5O2/c1-4-7-8-19(9-10-20)13-16-12(15-6-3)17-14(18-13)21-11-5-2/h20H,4-11H2,1-3H3,(H,15,16,17,18). The average molecular weight is 297 g/mol. The van der Waals surface area contributed by atoms with E-state index in [2.05, 4.69) is 27.2 Å². The molecule has 0 atom stereocenters. The van der Waals surface area contributed by atoms with Gasteiger partial charge in [0.2, 0.25) is 11.9 Å². The number of nitrogens with zero attached hydrogens (tertiary/aromatic N) is 4. The molecule has 0 saturated heterocycles. The Kier molecular flexibility index (Phi) is 8.42. The lowest BCUT2D eigenvalue weighted by molar-refractivity contribution is 0.289. The second kappa shape index (κ2) is 10.1. The molecule has 7 nitrogen and oxygen atoms in total. The first-order chi connectivity index (χ1) is 10.2. The summed E-state index contributed by atoms with van der Waals surface area (Å²) in [6, 6.07) is 0.331. The molecule has 0 aliphatic carbocycles. The molecule has 0 amide bonds. The number of unbranched alkanes of at least 4 members (excludes halogenated alkanes) is 1. The fourth-order valence-corrected chi connectivity index (χ4v) is 1.76. The first kappa shape index (κ1) is 17.4. The van der Waals surface area contributed by atoms with Crippen molar-refractivity contribution in [3.05, 3.63) is 0 Å². The van der Waals surface area contributed by atoms with Gasteiger partial charge in [0.05, 0.1) is 13.2 Å². The highest BCUT2D eigenvalue weighted by atomic mass is 16.5. The van der Waals surface area contributed by atoms with Gasteiger partial charge < -0.3 is 20.1 Å². The van der Waals surface area contributed by atoms with Gasteiger partial charge in [-0.1, -0.05) is 20.3 Å². The first-order valence-electron chi connectivity index (χ1n) is 7.73.